The molecule has 1 saturated carbocycles. The van der Waals surface area contributed by atoms with Crippen molar-refractivity contribution in [3.63, 3.8) is 0 Å². The average molecular weight is 418 g/mol. The third kappa shape index (κ3) is 3.81. The molecule has 29 heavy (non-hydrogen) atoms. The first-order chi connectivity index (χ1) is 13.9. The predicted molar refractivity (Wildman–Crippen MR) is 109 cm³/mol. The van der Waals surface area contributed by atoms with Crippen molar-refractivity contribution in [2.45, 2.75) is 57.5 Å². The van der Waals surface area contributed by atoms with Gasteiger partial charge < -0.3 is 15.7 Å². The lowest BCUT2D eigenvalue weighted by Crippen LogP contribution is -2.57. The summed E-state index contributed by atoms with van der Waals surface area (Å²) in [5.41, 5.74) is 1.70. The van der Waals surface area contributed by atoms with Gasteiger partial charge >= 0.3 is 6.09 Å². The number of pyridine rings is 1. The summed E-state index contributed by atoms with van der Waals surface area (Å²) >= 11 is 6.40. The molecule has 3 N–H and O–H groups in total. The summed E-state index contributed by atoms with van der Waals surface area (Å²) in [6, 6.07) is 1.73. The van der Waals surface area contributed by atoms with Crippen LogP contribution in [0.5, 0.6) is 0 Å². The highest BCUT2D eigenvalue weighted by Gasteiger charge is 2.41. The molecular weight excluding hydrogens is 394 g/mol. The predicted octanol–water partition coefficient (Wildman–Crippen LogP) is 3.70. The lowest BCUT2D eigenvalue weighted by molar-refractivity contribution is -0.123. The summed E-state index contributed by atoms with van der Waals surface area (Å²) in [6.45, 7) is 3.06. The van der Waals surface area contributed by atoms with Crippen LogP contribution in [0, 0.1) is 5.92 Å². The summed E-state index contributed by atoms with van der Waals surface area (Å²) in [5, 5.41) is 19.4. The van der Waals surface area contributed by atoms with Gasteiger partial charge in [0, 0.05) is 29.6 Å². The summed E-state index contributed by atoms with van der Waals surface area (Å²) in [6.07, 6.45) is 6.56. The van der Waals surface area contributed by atoms with Crippen LogP contribution in [-0.2, 0) is 17.8 Å². The highest BCUT2D eigenvalue weighted by Crippen LogP contribution is 2.36. The monoisotopic (exact) mass is 417 g/mol. The van der Waals surface area contributed by atoms with Crippen molar-refractivity contribution in [3.8, 4) is 11.1 Å². The van der Waals surface area contributed by atoms with E-state index in [9.17, 15) is 14.7 Å². The number of carboxylic acid groups (broad SMARTS) is 1. The Morgan fingerprint density at radius 3 is 2.72 bits per heavy atom. The summed E-state index contributed by atoms with van der Waals surface area (Å²) < 4.78 is 1.99. The highest BCUT2D eigenvalue weighted by molar-refractivity contribution is 6.33. The number of nitrogens with one attached hydrogen (secondary N) is 2. The zero-order valence-corrected chi connectivity index (χ0v) is 17.0. The average Bonchev–Trinajstić information content (AvgIpc) is 3.22. The van der Waals surface area contributed by atoms with Gasteiger partial charge in [0.2, 0.25) is 0 Å². The van der Waals surface area contributed by atoms with E-state index >= 15 is 0 Å². The second-order valence-corrected chi connectivity index (χ2v) is 8.48. The SMILES string of the molecule is C[C@H]1Cc2c(-c3cc(NC(=O)C4(NC(=O)O)CCCCC4)ncc3Cl)cnn2C1. The molecule has 2 aromatic heterocycles. The topological polar surface area (TPSA) is 109 Å². The maximum Gasteiger partial charge on any atom is 0.405 e. The lowest BCUT2D eigenvalue weighted by atomic mass is 9.81. The first-order valence-corrected chi connectivity index (χ1v) is 10.3. The summed E-state index contributed by atoms with van der Waals surface area (Å²) in [4.78, 5) is 28.5. The zero-order chi connectivity index (χ0) is 20.6. The number of carbonyl (C=O) groups is 2. The number of hydrogen-bond donors (Lipinski definition) is 3. The van der Waals surface area contributed by atoms with E-state index in [0.717, 1.165) is 49.0 Å². The van der Waals surface area contributed by atoms with Crippen molar-refractivity contribution in [2.75, 3.05) is 5.32 Å². The molecule has 154 valence electrons. The molecule has 2 aliphatic rings. The molecule has 0 bridgehead atoms. The van der Waals surface area contributed by atoms with Gasteiger partial charge in [-0.25, -0.2) is 9.78 Å². The van der Waals surface area contributed by atoms with Gasteiger partial charge in [0.1, 0.15) is 11.4 Å². The van der Waals surface area contributed by atoms with Gasteiger partial charge in [-0.2, -0.15) is 5.10 Å². The lowest BCUT2D eigenvalue weighted by Gasteiger charge is -2.35. The molecule has 0 aromatic carbocycles. The van der Waals surface area contributed by atoms with Gasteiger partial charge in [0.15, 0.2) is 0 Å². The van der Waals surface area contributed by atoms with Crippen LogP contribution in [0.25, 0.3) is 11.1 Å². The largest absolute Gasteiger partial charge is 0.465 e. The smallest absolute Gasteiger partial charge is 0.405 e. The van der Waals surface area contributed by atoms with Gasteiger partial charge in [-0.15, -0.1) is 0 Å². The Labute approximate surface area is 173 Å². The summed E-state index contributed by atoms with van der Waals surface area (Å²) in [7, 11) is 0. The number of halogens is 1. The van der Waals surface area contributed by atoms with E-state index < -0.39 is 11.6 Å². The molecule has 1 aliphatic carbocycles. The van der Waals surface area contributed by atoms with Crippen molar-refractivity contribution >= 4 is 29.4 Å². The molecule has 1 aliphatic heterocycles. The minimum Gasteiger partial charge on any atom is -0.465 e. The van der Waals surface area contributed by atoms with Crippen molar-refractivity contribution in [1.29, 1.82) is 0 Å². The third-order valence-corrected chi connectivity index (χ3v) is 6.15. The quantitative estimate of drug-likeness (QED) is 0.702. The number of nitrogens with zero attached hydrogens (tertiary/aromatic N) is 3. The fourth-order valence-electron chi connectivity index (χ4n) is 4.42. The van der Waals surface area contributed by atoms with Crippen molar-refractivity contribution in [1.82, 2.24) is 20.1 Å². The van der Waals surface area contributed by atoms with E-state index in [2.05, 4.69) is 27.6 Å². The molecular formula is C20H24ClN5O3. The Morgan fingerprint density at radius 1 is 1.24 bits per heavy atom. The molecule has 2 aromatic rings. The summed E-state index contributed by atoms with van der Waals surface area (Å²) in [5.74, 6) is 0.484. The van der Waals surface area contributed by atoms with Crippen LogP contribution < -0.4 is 10.6 Å². The van der Waals surface area contributed by atoms with E-state index in [0.29, 0.717) is 29.6 Å². The van der Waals surface area contributed by atoms with Gasteiger partial charge in [-0.1, -0.05) is 37.8 Å². The van der Waals surface area contributed by atoms with Crippen molar-refractivity contribution in [2.24, 2.45) is 5.92 Å². The number of hydrogen-bond acceptors (Lipinski definition) is 4. The Kier molecular flexibility index (Phi) is 5.21. The van der Waals surface area contributed by atoms with Crippen LogP contribution in [-0.4, -0.2) is 37.4 Å². The number of fused-ring (bicyclic) bond motifs is 1. The van der Waals surface area contributed by atoms with Crippen LogP contribution in [0.4, 0.5) is 10.6 Å². The molecule has 4 rings (SSSR count). The Hall–Kier alpha value is -2.61. The number of anilines is 1. The standard InChI is InChI=1S/C20H24ClN5O3/c1-12-7-16-14(9-23-26(16)11-12)13-8-17(22-10-15(13)21)24-18(27)20(25-19(28)29)5-3-2-4-6-20/h8-10,12,25H,2-7,11H2,1H3,(H,28,29)(H,22,24,27)/t12-/m0/s1. The first-order valence-electron chi connectivity index (χ1n) is 9.91. The van der Waals surface area contributed by atoms with Crippen LogP contribution in [0.2, 0.25) is 5.02 Å². The molecule has 8 nitrogen and oxygen atoms in total. The molecule has 1 atom stereocenters. The zero-order valence-electron chi connectivity index (χ0n) is 16.2. The van der Waals surface area contributed by atoms with Gasteiger partial charge in [0.05, 0.1) is 11.2 Å². The molecule has 0 saturated heterocycles. The molecule has 1 fully saturated rings. The Morgan fingerprint density at radius 2 is 2.00 bits per heavy atom. The van der Waals surface area contributed by atoms with Gasteiger partial charge in [-0.3, -0.25) is 9.48 Å². The molecule has 3 heterocycles. The molecule has 0 unspecified atom stereocenters. The first kappa shape index (κ1) is 19.7. The number of carbonyl (C=O) groups excluding carboxylic acids is 1. The third-order valence-electron chi connectivity index (χ3n) is 5.85. The minimum absolute atomic E-state index is 0.345. The van der Waals surface area contributed by atoms with E-state index in [1.807, 2.05) is 4.68 Å². The van der Waals surface area contributed by atoms with Crippen LogP contribution >= 0.6 is 11.6 Å². The fourth-order valence-corrected chi connectivity index (χ4v) is 4.62. The fraction of sp³-hybridized carbons (Fsp3) is 0.500. The van der Waals surface area contributed by atoms with Crippen LogP contribution in [0.1, 0.15) is 44.7 Å². The van der Waals surface area contributed by atoms with Crippen LogP contribution in [0.15, 0.2) is 18.5 Å². The molecule has 9 heteroatoms. The molecule has 0 radical (unpaired) electrons. The van der Waals surface area contributed by atoms with Gasteiger partial charge in [0.25, 0.3) is 5.91 Å². The number of rotatable bonds is 4. The maximum atomic E-state index is 13.0. The molecule has 0 spiro atoms. The van der Waals surface area contributed by atoms with E-state index in [1.54, 1.807) is 12.3 Å². The normalized spacial score (nSPS) is 20.1. The maximum absolute atomic E-state index is 13.0. The van der Waals surface area contributed by atoms with E-state index in [-0.39, 0.29) is 5.91 Å². The van der Waals surface area contributed by atoms with Crippen molar-refractivity contribution < 1.29 is 14.7 Å². The number of amides is 2. The number of aromatic nitrogens is 3. The van der Waals surface area contributed by atoms with Crippen molar-refractivity contribution in [3.05, 3.63) is 29.2 Å². The Bertz CT molecular complexity index is 952. The second kappa shape index (κ2) is 7.67. The Balaban J connectivity index is 1.61. The van der Waals surface area contributed by atoms with E-state index in [4.69, 9.17) is 11.6 Å². The van der Waals surface area contributed by atoms with Gasteiger partial charge in [-0.05, 0) is 31.2 Å². The highest BCUT2D eigenvalue weighted by atomic mass is 35.5. The minimum atomic E-state index is -1.20. The van der Waals surface area contributed by atoms with E-state index in [1.165, 1.54) is 6.20 Å². The second-order valence-electron chi connectivity index (χ2n) is 8.07. The van der Waals surface area contributed by atoms with Crippen LogP contribution in [0.3, 0.4) is 0 Å². The molecule has 2 amide bonds.